The van der Waals surface area contributed by atoms with Crippen LogP contribution >= 0.6 is 12.2 Å². The molecule has 1 aliphatic heterocycles. The van der Waals surface area contributed by atoms with Crippen LogP contribution in [0.1, 0.15) is 37.0 Å². The van der Waals surface area contributed by atoms with E-state index in [1.165, 1.54) is 0 Å². The van der Waals surface area contributed by atoms with E-state index in [4.69, 9.17) is 17.0 Å². The summed E-state index contributed by atoms with van der Waals surface area (Å²) in [6, 6.07) is 14.8. The summed E-state index contributed by atoms with van der Waals surface area (Å²) in [7, 11) is 0. The number of nitrogens with one attached hydrogen (secondary N) is 2. The molecule has 0 atom stereocenters. The van der Waals surface area contributed by atoms with E-state index in [2.05, 4.69) is 15.5 Å². The molecule has 0 aromatic heterocycles. The standard InChI is InChI=1S/C24H30N4O3S/c1-3-5-22(29)28-16-14-27(15-17-28)20-10-8-19(9-11-20)25-24(32)26-23(30)18-6-12-21(13-7-18)31-4-2/h6-13H,3-5,14-17H2,1-2H3,(H2,25,26,30,32). The van der Waals surface area contributed by atoms with Gasteiger partial charge in [0.25, 0.3) is 5.91 Å². The Morgan fingerprint density at radius 2 is 1.62 bits per heavy atom. The van der Waals surface area contributed by atoms with Crippen molar-refractivity contribution in [2.24, 2.45) is 0 Å². The number of hydrogen-bond donors (Lipinski definition) is 2. The van der Waals surface area contributed by atoms with Gasteiger partial charge in [-0.1, -0.05) is 6.92 Å². The highest BCUT2D eigenvalue weighted by Gasteiger charge is 2.20. The van der Waals surface area contributed by atoms with Crippen LogP contribution in [0.15, 0.2) is 48.5 Å². The number of ether oxygens (including phenoxy) is 1. The van der Waals surface area contributed by atoms with Gasteiger partial charge in [-0.3, -0.25) is 14.9 Å². The molecule has 2 amide bonds. The van der Waals surface area contributed by atoms with Crippen molar-refractivity contribution in [2.75, 3.05) is 43.0 Å². The fraction of sp³-hybridized carbons (Fsp3) is 0.375. The van der Waals surface area contributed by atoms with Gasteiger partial charge in [-0.25, -0.2) is 0 Å². The Morgan fingerprint density at radius 3 is 2.22 bits per heavy atom. The lowest BCUT2D eigenvalue weighted by Gasteiger charge is -2.36. The summed E-state index contributed by atoms with van der Waals surface area (Å²) >= 11 is 5.28. The lowest BCUT2D eigenvalue weighted by molar-refractivity contribution is -0.131. The summed E-state index contributed by atoms with van der Waals surface area (Å²) in [5, 5.41) is 5.97. The van der Waals surface area contributed by atoms with Crippen molar-refractivity contribution in [2.45, 2.75) is 26.7 Å². The van der Waals surface area contributed by atoms with Crippen LogP contribution in [0.4, 0.5) is 11.4 Å². The number of amides is 2. The largest absolute Gasteiger partial charge is 0.494 e. The topological polar surface area (TPSA) is 73.9 Å². The summed E-state index contributed by atoms with van der Waals surface area (Å²) in [5.74, 6) is 0.684. The maximum atomic E-state index is 12.4. The van der Waals surface area contributed by atoms with Crippen molar-refractivity contribution in [1.82, 2.24) is 10.2 Å². The molecule has 0 spiro atoms. The lowest BCUT2D eigenvalue weighted by Crippen LogP contribution is -2.48. The first kappa shape index (κ1) is 23.5. The molecule has 1 fully saturated rings. The molecule has 32 heavy (non-hydrogen) atoms. The molecule has 0 saturated carbocycles. The molecule has 1 saturated heterocycles. The second kappa shape index (κ2) is 11.5. The molecule has 8 heteroatoms. The normalized spacial score (nSPS) is 13.4. The Hall–Kier alpha value is -3.13. The van der Waals surface area contributed by atoms with Crippen LogP contribution < -0.4 is 20.3 Å². The SMILES string of the molecule is CCCC(=O)N1CCN(c2ccc(NC(=S)NC(=O)c3ccc(OCC)cc3)cc2)CC1. The third-order valence-electron chi connectivity index (χ3n) is 5.24. The minimum absolute atomic E-state index is 0.236. The number of anilines is 2. The molecule has 7 nitrogen and oxygen atoms in total. The van der Waals surface area contributed by atoms with Gasteiger partial charge in [0, 0.05) is 49.5 Å². The van der Waals surface area contributed by atoms with E-state index < -0.39 is 0 Å². The van der Waals surface area contributed by atoms with E-state index in [9.17, 15) is 9.59 Å². The number of rotatable bonds is 7. The average molecular weight is 455 g/mol. The highest BCUT2D eigenvalue weighted by molar-refractivity contribution is 7.80. The zero-order valence-corrected chi connectivity index (χ0v) is 19.4. The Morgan fingerprint density at radius 1 is 0.969 bits per heavy atom. The van der Waals surface area contributed by atoms with E-state index in [0.29, 0.717) is 18.6 Å². The average Bonchev–Trinajstić information content (AvgIpc) is 2.80. The number of hydrogen-bond acceptors (Lipinski definition) is 5. The number of carbonyl (C=O) groups excluding carboxylic acids is 2. The number of piperazine rings is 1. The lowest BCUT2D eigenvalue weighted by atomic mass is 10.2. The van der Waals surface area contributed by atoms with E-state index in [1.54, 1.807) is 24.3 Å². The molecule has 0 radical (unpaired) electrons. The number of thiocarbonyl (C=S) groups is 1. The van der Waals surface area contributed by atoms with Crippen LogP contribution in [0.5, 0.6) is 5.75 Å². The van der Waals surface area contributed by atoms with Crippen LogP contribution in [0.2, 0.25) is 0 Å². The van der Waals surface area contributed by atoms with Crippen LogP contribution in [-0.2, 0) is 4.79 Å². The van der Waals surface area contributed by atoms with Crippen molar-refractivity contribution in [3.05, 3.63) is 54.1 Å². The van der Waals surface area contributed by atoms with Gasteiger partial charge in [-0.05, 0) is 74.1 Å². The van der Waals surface area contributed by atoms with E-state index >= 15 is 0 Å². The minimum Gasteiger partial charge on any atom is -0.494 e. The highest BCUT2D eigenvalue weighted by atomic mass is 32.1. The molecule has 1 aliphatic rings. The Bertz CT molecular complexity index is 923. The third-order valence-corrected chi connectivity index (χ3v) is 5.45. The zero-order chi connectivity index (χ0) is 22.9. The molecule has 0 aliphatic carbocycles. The van der Waals surface area contributed by atoms with Crippen LogP contribution in [0.3, 0.4) is 0 Å². The number of benzene rings is 2. The molecule has 1 heterocycles. The molecule has 2 N–H and O–H groups in total. The van der Waals surface area contributed by atoms with Crippen molar-refractivity contribution in [1.29, 1.82) is 0 Å². The summed E-state index contributed by atoms with van der Waals surface area (Å²) in [6.45, 7) is 7.65. The maximum Gasteiger partial charge on any atom is 0.257 e. The molecule has 3 rings (SSSR count). The van der Waals surface area contributed by atoms with Gasteiger partial charge in [-0.2, -0.15) is 0 Å². The van der Waals surface area contributed by atoms with Gasteiger partial charge in [0.2, 0.25) is 5.91 Å². The van der Waals surface area contributed by atoms with Crippen LogP contribution in [0.25, 0.3) is 0 Å². The second-order valence-corrected chi connectivity index (χ2v) is 7.94. The predicted molar refractivity (Wildman–Crippen MR) is 131 cm³/mol. The molecule has 2 aromatic rings. The molecule has 0 bridgehead atoms. The fourth-order valence-electron chi connectivity index (χ4n) is 3.55. The Balaban J connectivity index is 1.48. The van der Waals surface area contributed by atoms with Gasteiger partial charge in [0.05, 0.1) is 6.61 Å². The highest BCUT2D eigenvalue weighted by Crippen LogP contribution is 2.20. The summed E-state index contributed by atoms with van der Waals surface area (Å²) in [6.07, 6.45) is 1.51. The fourth-order valence-corrected chi connectivity index (χ4v) is 3.76. The monoisotopic (exact) mass is 454 g/mol. The summed E-state index contributed by atoms with van der Waals surface area (Å²) in [5.41, 5.74) is 2.40. The van der Waals surface area contributed by atoms with Gasteiger partial charge in [-0.15, -0.1) is 0 Å². The van der Waals surface area contributed by atoms with Gasteiger partial charge in [0.1, 0.15) is 5.75 Å². The van der Waals surface area contributed by atoms with Crippen molar-refractivity contribution in [3.63, 3.8) is 0 Å². The first-order valence-corrected chi connectivity index (χ1v) is 11.4. The first-order chi connectivity index (χ1) is 15.5. The molecular weight excluding hydrogens is 424 g/mol. The second-order valence-electron chi connectivity index (χ2n) is 7.53. The van der Waals surface area contributed by atoms with Gasteiger partial charge < -0.3 is 19.9 Å². The van der Waals surface area contributed by atoms with E-state index in [-0.39, 0.29) is 16.9 Å². The van der Waals surface area contributed by atoms with Gasteiger partial charge in [0.15, 0.2) is 5.11 Å². The number of nitrogens with zero attached hydrogens (tertiary/aromatic N) is 2. The van der Waals surface area contributed by atoms with Crippen molar-refractivity contribution >= 4 is 40.5 Å². The summed E-state index contributed by atoms with van der Waals surface area (Å²) in [4.78, 5) is 28.6. The van der Waals surface area contributed by atoms with Crippen LogP contribution in [0, 0.1) is 0 Å². The van der Waals surface area contributed by atoms with E-state index in [1.807, 2.05) is 43.0 Å². The van der Waals surface area contributed by atoms with Crippen LogP contribution in [-0.4, -0.2) is 54.6 Å². The Labute approximate surface area is 194 Å². The molecule has 0 unspecified atom stereocenters. The summed E-state index contributed by atoms with van der Waals surface area (Å²) < 4.78 is 5.39. The molecular formula is C24H30N4O3S. The minimum atomic E-state index is -0.280. The number of carbonyl (C=O) groups is 2. The smallest absolute Gasteiger partial charge is 0.257 e. The van der Waals surface area contributed by atoms with Crippen molar-refractivity contribution in [3.8, 4) is 5.75 Å². The van der Waals surface area contributed by atoms with Gasteiger partial charge >= 0.3 is 0 Å². The first-order valence-electron chi connectivity index (χ1n) is 11.0. The maximum absolute atomic E-state index is 12.4. The quantitative estimate of drug-likeness (QED) is 0.622. The van der Waals surface area contributed by atoms with E-state index in [0.717, 1.165) is 49.7 Å². The Kier molecular flexibility index (Phi) is 8.44. The zero-order valence-electron chi connectivity index (χ0n) is 18.6. The third kappa shape index (κ3) is 6.43. The molecule has 170 valence electrons. The van der Waals surface area contributed by atoms with Crippen molar-refractivity contribution < 1.29 is 14.3 Å². The predicted octanol–water partition coefficient (Wildman–Crippen LogP) is 3.66. The molecule has 2 aromatic carbocycles.